The number of aliphatic hydroxyl groups excluding tert-OH is 1. The second-order valence-electron chi connectivity index (χ2n) is 7.78. The summed E-state index contributed by atoms with van der Waals surface area (Å²) in [6, 6.07) is 12.2. The van der Waals surface area contributed by atoms with Crippen molar-refractivity contribution in [3.63, 3.8) is 0 Å². The molecule has 9 nitrogen and oxygen atoms in total. The molecule has 9 heteroatoms. The first-order valence-corrected chi connectivity index (χ1v) is 10.5. The van der Waals surface area contributed by atoms with Crippen LogP contribution < -0.4 is 15.4 Å². The van der Waals surface area contributed by atoms with E-state index < -0.39 is 11.7 Å². The number of ether oxygens (including phenoxy) is 2. The molecule has 1 fully saturated rings. The first-order chi connectivity index (χ1) is 15.5. The lowest BCUT2D eigenvalue weighted by molar-refractivity contribution is -0.0422. The highest BCUT2D eigenvalue weighted by Gasteiger charge is 2.37. The Morgan fingerprint density at radius 1 is 1.31 bits per heavy atom. The molecule has 0 bridgehead atoms. The van der Waals surface area contributed by atoms with Gasteiger partial charge >= 0.3 is 6.09 Å². The first-order valence-electron chi connectivity index (χ1n) is 10.5. The van der Waals surface area contributed by atoms with Crippen LogP contribution in [0.3, 0.4) is 0 Å². The van der Waals surface area contributed by atoms with Gasteiger partial charge in [-0.25, -0.2) is 9.31 Å². The van der Waals surface area contributed by atoms with Crippen LogP contribution in [0.2, 0.25) is 0 Å². The number of nitriles is 1. The predicted octanol–water partition coefficient (Wildman–Crippen LogP) is 2.70. The van der Waals surface area contributed by atoms with E-state index in [-0.39, 0.29) is 6.61 Å². The summed E-state index contributed by atoms with van der Waals surface area (Å²) in [6.07, 6.45) is 3.44. The average molecular weight is 435 g/mol. The van der Waals surface area contributed by atoms with Gasteiger partial charge in [0, 0.05) is 37.2 Å². The molecule has 0 spiro atoms. The van der Waals surface area contributed by atoms with Crippen LogP contribution in [0.5, 0.6) is 5.75 Å². The largest absolute Gasteiger partial charge is 0.492 e. The third-order valence-corrected chi connectivity index (χ3v) is 5.84. The molecule has 3 heterocycles. The minimum atomic E-state index is -0.913. The fraction of sp³-hybridized carbons (Fsp3) is 0.348. The highest BCUT2D eigenvalue weighted by atomic mass is 16.6. The summed E-state index contributed by atoms with van der Waals surface area (Å²) < 4.78 is 12.5. The average Bonchev–Trinajstić information content (AvgIpc) is 3.22. The number of rotatable bonds is 6. The van der Waals surface area contributed by atoms with Gasteiger partial charge in [-0.2, -0.15) is 10.4 Å². The minimum Gasteiger partial charge on any atom is -0.492 e. The van der Waals surface area contributed by atoms with E-state index in [2.05, 4.69) is 16.1 Å². The number of aliphatic hydroxyl groups is 1. The Hall–Kier alpha value is -3.77. The number of aromatic nitrogens is 2. The molecular weight excluding hydrogens is 410 g/mol. The number of fused-ring (bicyclic) bond motifs is 1. The Balaban J connectivity index is 1.60. The zero-order valence-electron chi connectivity index (χ0n) is 17.8. The van der Waals surface area contributed by atoms with Gasteiger partial charge in [0.25, 0.3) is 0 Å². The van der Waals surface area contributed by atoms with Gasteiger partial charge in [-0.15, -0.1) is 0 Å². The molecule has 0 aliphatic carbocycles. The molecule has 32 heavy (non-hydrogen) atoms. The molecule has 1 aliphatic rings. The van der Waals surface area contributed by atoms with Gasteiger partial charge in [-0.05, 0) is 30.7 Å². The van der Waals surface area contributed by atoms with Crippen molar-refractivity contribution in [3.05, 3.63) is 48.3 Å². The molecule has 0 radical (unpaired) electrons. The number of nitrogens with two attached hydrogens (primary N) is 1. The van der Waals surface area contributed by atoms with Crippen LogP contribution in [-0.4, -0.2) is 52.7 Å². The number of pyridine rings is 1. The monoisotopic (exact) mass is 435 g/mol. The fourth-order valence-corrected chi connectivity index (χ4v) is 4.17. The molecule has 0 atom stereocenters. The van der Waals surface area contributed by atoms with Crippen molar-refractivity contribution in [1.29, 1.82) is 5.26 Å². The minimum absolute atomic E-state index is 0.249. The number of nitrogens with zero attached hydrogens (tertiary/aromatic N) is 4. The number of piperidine rings is 1. The Bertz CT molecular complexity index is 1160. The standard InChI is InChI=1S/C23H25N5O4/c1-2-31-19-11-20(21-17(12-24)13-26-28(21)14-19)16-3-5-18(6-4-16)27-9-7-23(15-29,8-10-27)32-22(25)30/h3-6,11,13-14,29H,2,7-10,15H2,1H3,(H2,25,30). The van der Waals surface area contributed by atoms with Crippen molar-refractivity contribution in [1.82, 2.24) is 9.61 Å². The van der Waals surface area contributed by atoms with E-state index in [9.17, 15) is 15.2 Å². The first kappa shape index (κ1) is 21.5. The number of amides is 1. The zero-order chi connectivity index (χ0) is 22.7. The number of primary amides is 1. The van der Waals surface area contributed by atoms with Crippen LogP contribution in [0.1, 0.15) is 25.3 Å². The zero-order valence-corrected chi connectivity index (χ0v) is 17.8. The number of benzene rings is 1. The maximum atomic E-state index is 11.2. The summed E-state index contributed by atoms with van der Waals surface area (Å²) >= 11 is 0. The molecule has 166 valence electrons. The summed E-state index contributed by atoms with van der Waals surface area (Å²) in [5.74, 6) is 0.678. The van der Waals surface area contributed by atoms with Crippen molar-refractivity contribution in [3.8, 4) is 22.9 Å². The van der Waals surface area contributed by atoms with Gasteiger partial charge in [0.05, 0.1) is 36.7 Å². The lowest BCUT2D eigenvalue weighted by Crippen LogP contribution is -2.50. The number of hydrogen-bond donors (Lipinski definition) is 2. The Morgan fingerprint density at radius 2 is 2.03 bits per heavy atom. The van der Waals surface area contributed by atoms with Gasteiger partial charge in [0.2, 0.25) is 0 Å². The van der Waals surface area contributed by atoms with Gasteiger partial charge in [0.15, 0.2) is 0 Å². The lowest BCUT2D eigenvalue weighted by atomic mass is 9.91. The second-order valence-corrected chi connectivity index (χ2v) is 7.78. The quantitative estimate of drug-likeness (QED) is 0.609. The fourth-order valence-electron chi connectivity index (χ4n) is 4.17. The molecule has 3 aromatic rings. The topological polar surface area (TPSA) is 126 Å². The molecular formula is C23H25N5O4. The summed E-state index contributed by atoms with van der Waals surface area (Å²) in [4.78, 5) is 13.4. The molecule has 1 aliphatic heterocycles. The number of hydrogen-bond acceptors (Lipinski definition) is 7. The van der Waals surface area contributed by atoms with E-state index in [1.54, 1.807) is 16.9 Å². The highest BCUT2D eigenvalue weighted by molar-refractivity contribution is 5.85. The smallest absolute Gasteiger partial charge is 0.405 e. The Kier molecular flexibility index (Phi) is 5.88. The van der Waals surface area contributed by atoms with E-state index in [1.165, 1.54) is 0 Å². The van der Waals surface area contributed by atoms with Gasteiger partial charge in [-0.3, -0.25) is 0 Å². The van der Waals surface area contributed by atoms with E-state index in [0.717, 1.165) is 22.3 Å². The number of anilines is 1. The van der Waals surface area contributed by atoms with Crippen LogP contribution >= 0.6 is 0 Å². The maximum absolute atomic E-state index is 11.2. The third-order valence-electron chi connectivity index (χ3n) is 5.84. The maximum Gasteiger partial charge on any atom is 0.405 e. The second kappa shape index (κ2) is 8.77. The van der Waals surface area contributed by atoms with E-state index in [0.29, 0.717) is 43.9 Å². The van der Waals surface area contributed by atoms with E-state index in [4.69, 9.17) is 15.2 Å². The molecule has 0 unspecified atom stereocenters. The van der Waals surface area contributed by atoms with Crippen molar-refractivity contribution in [2.75, 3.05) is 31.2 Å². The summed E-state index contributed by atoms with van der Waals surface area (Å²) in [5.41, 5.74) is 8.31. The Labute approximate surface area is 185 Å². The SMILES string of the molecule is CCOc1cc(-c2ccc(N3CCC(CO)(OC(N)=O)CC3)cc2)c2c(C#N)cnn2c1. The highest BCUT2D eigenvalue weighted by Crippen LogP contribution is 2.34. The Morgan fingerprint density at radius 3 is 2.62 bits per heavy atom. The summed E-state index contributed by atoms with van der Waals surface area (Å²) in [6.45, 7) is 3.44. The third kappa shape index (κ3) is 4.05. The molecule has 2 aromatic heterocycles. The molecule has 1 aromatic carbocycles. The van der Waals surface area contributed by atoms with Crippen LogP contribution in [0.15, 0.2) is 42.7 Å². The van der Waals surface area contributed by atoms with Crippen LogP contribution in [-0.2, 0) is 4.74 Å². The number of carbonyl (C=O) groups is 1. The van der Waals surface area contributed by atoms with Crippen molar-refractivity contribution < 1.29 is 19.4 Å². The number of carbonyl (C=O) groups excluding carboxylic acids is 1. The molecule has 0 saturated carbocycles. The van der Waals surface area contributed by atoms with E-state index in [1.807, 2.05) is 37.3 Å². The van der Waals surface area contributed by atoms with E-state index >= 15 is 0 Å². The van der Waals surface area contributed by atoms with Gasteiger partial charge < -0.3 is 25.2 Å². The van der Waals surface area contributed by atoms with Gasteiger partial charge in [-0.1, -0.05) is 12.1 Å². The van der Waals surface area contributed by atoms with Crippen LogP contribution in [0.25, 0.3) is 16.6 Å². The molecule has 3 N–H and O–H groups in total. The summed E-state index contributed by atoms with van der Waals surface area (Å²) in [5, 5.41) is 23.5. The summed E-state index contributed by atoms with van der Waals surface area (Å²) in [7, 11) is 0. The molecule has 1 amide bonds. The van der Waals surface area contributed by atoms with Crippen LogP contribution in [0.4, 0.5) is 10.5 Å². The van der Waals surface area contributed by atoms with Crippen molar-refractivity contribution in [2.45, 2.75) is 25.4 Å². The predicted molar refractivity (Wildman–Crippen MR) is 118 cm³/mol. The normalized spacial score (nSPS) is 15.3. The van der Waals surface area contributed by atoms with Crippen LogP contribution in [0, 0.1) is 11.3 Å². The lowest BCUT2D eigenvalue weighted by Gasteiger charge is -2.40. The van der Waals surface area contributed by atoms with Gasteiger partial charge in [0.1, 0.15) is 17.4 Å². The molecule has 4 rings (SSSR count). The van der Waals surface area contributed by atoms with Crippen molar-refractivity contribution >= 4 is 17.3 Å². The molecule has 1 saturated heterocycles. The van der Waals surface area contributed by atoms with Crippen molar-refractivity contribution in [2.24, 2.45) is 5.73 Å².